The van der Waals surface area contributed by atoms with Crippen LogP contribution in [-0.4, -0.2) is 9.78 Å². The van der Waals surface area contributed by atoms with Crippen LogP contribution in [-0.2, 0) is 20.1 Å². The minimum Gasteiger partial charge on any atom is -0.363 e. The van der Waals surface area contributed by atoms with E-state index in [0.717, 1.165) is 23.0 Å². The molecule has 0 saturated heterocycles. The molecule has 0 bridgehead atoms. The summed E-state index contributed by atoms with van der Waals surface area (Å²) in [5.74, 6) is -2.70. The van der Waals surface area contributed by atoms with Crippen LogP contribution in [0.15, 0.2) is 60.8 Å². The molecule has 29 heavy (non-hydrogen) atoms. The van der Waals surface area contributed by atoms with Gasteiger partial charge in [0.25, 0.3) is 0 Å². The average molecular weight is 399 g/mol. The van der Waals surface area contributed by atoms with Gasteiger partial charge in [0.2, 0.25) is 0 Å². The van der Waals surface area contributed by atoms with Crippen molar-refractivity contribution in [2.24, 2.45) is 7.05 Å². The van der Waals surface area contributed by atoms with Crippen LogP contribution < -0.4 is 4.90 Å². The quantitative estimate of drug-likeness (QED) is 0.423. The highest BCUT2D eigenvalue weighted by atomic mass is 19.1. The third-order valence-corrected chi connectivity index (χ3v) is 4.72. The second kappa shape index (κ2) is 7.58. The molecule has 0 saturated carbocycles. The van der Waals surface area contributed by atoms with Gasteiger partial charge in [0.1, 0.15) is 23.3 Å². The smallest absolute Gasteiger partial charge is 0.131 e. The van der Waals surface area contributed by atoms with E-state index in [1.807, 2.05) is 18.3 Å². The first-order chi connectivity index (χ1) is 13.9. The van der Waals surface area contributed by atoms with Crippen molar-refractivity contribution in [3.8, 4) is 0 Å². The van der Waals surface area contributed by atoms with Crippen molar-refractivity contribution in [3.63, 3.8) is 0 Å². The lowest BCUT2D eigenvalue weighted by Gasteiger charge is -2.26. The lowest BCUT2D eigenvalue weighted by Crippen LogP contribution is -2.23. The van der Waals surface area contributed by atoms with Crippen LogP contribution in [0.2, 0.25) is 0 Å². The topological polar surface area (TPSA) is 21.1 Å². The molecule has 4 rings (SSSR count). The van der Waals surface area contributed by atoms with E-state index in [1.165, 1.54) is 24.3 Å². The van der Waals surface area contributed by atoms with Gasteiger partial charge in [0.05, 0.1) is 5.52 Å². The maximum Gasteiger partial charge on any atom is 0.131 e. The number of rotatable bonds is 5. The van der Waals surface area contributed by atoms with E-state index in [2.05, 4.69) is 5.10 Å². The standard InChI is InChI=1S/C22H17F4N3/c1-28-11-16-8-19(6-7-22(16)27-28)29(12-14-2-4-17(23)9-20(14)25)13-15-3-5-18(24)10-21(15)26/h2-11H,12-13H2,1H3. The van der Waals surface area contributed by atoms with Crippen molar-refractivity contribution < 1.29 is 17.6 Å². The fraction of sp³-hybridized carbons (Fsp3) is 0.136. The van der Waals surface area contributed by atoms with Gasteiger partial charge in [0.15, 0.2) is 0 Å². The first-order valence-electron chi connectivity index (χ1n) is 8.95. The molecule has 0 unspecified atom stereocenters. The molecule has 7 heteroatoms. The number of halogens is 4. The highest BCUT2D eigenvalue weighted by Crippen LogP contribution is 2.26. The second-order valence-corrected chi connectivity index (χ2v) is 6.87. The highest BCUT2D eigenvalue weighted by molar-refractivity contribution is 5.82. The van der Waals surface area contributed by atoms with Gasteiger partial charge in [-0.3, -0.25) is 4.68 Å². The molecule has 4 aromatic rings. The molecule has 1 heterocycles. The van der Waals surface area contributed by atoms with Crippen LogP contribution in [0.3, 0.4) is 0 Å². The van der Waals surface area contributed by atoms with Crippen molar-refractivity contribution in [3.05, 3.63) is 95.2 Å². The first kappa shape index (κ1) is 19.0. The Morgan fingerprint density at radius 1 is 0.793 bits per heavy atom. The van der Waals surface area contributed by atoms with E-state index in [4.69, 9.17) is 0 Å². The summed E-state index contributed by atoms with van der Waals surface area (Å²) in [4.78, 5) is 1.75. The van der Waals surface area contributed by atoms with Gasteiger partial charge in [0, 0.05) is 60.7 Å². The zero-order valence-electron chi connectivity index (χ0n) is 15.5. The number of aryl methyl sites for hydroxylation is 1. The Labute approximate surface area is 164 Å². The molecule has 0 atom stereocenters. The van der Waals surface area contributed by atoms with Crippen LogP contribution in [0.1, 0.15) is 11.1 Å². The van der Waals surface area contributed by atoms with E-state index in [1.54, 1.807) is 22.7 Å². The Bertz CT molecular complexity index is 1130. The average Bonchev–Trinajstić information content (AvgIpc) is 3.04. The fourth-order valence-corrected chi connectivity index (χ4v) is 3.28. The van der Waals surface area contributed by atoms with E-state index < -0.39 is 23.3 Å². The molecule has 3 nitrogen and oxygen atoms in total. The molecule has 0 N–H and O–H groups in total. The zero-order valence-corrected chi connectivity index (χ0v) is 15.5. The maximum atomic E-state index is 14.3. The number of benzene rings is 3. The SMILES string of the molecule is Cn1cc2cc(N(Cc3ccc(F)cc3F)Cc3ccc(F)cc3F)ccc2n1. The summed E-state index contributed by atoms with van der Waals surface area (Å²) in [6.45, 7) is 0.156. The fourth-order valence-electron chi connectivity index (χ4n) is 3.28. The summed E-state index contributed by atoms with van der Waals surface area (Å²) in [5.41, 5.74) is 2.02. The predicted molar refractivity (Wildman–Crippen MR) is 103 cm³/mol. The van der Waals surface area contributed by atoms with Crippen molar-refractivity contribution >= 4 is 16.6 Å². The Kier molecular flexibility index (Phi) is 4.96. The van der Waals surface area contributed by atoms with Crippen molar-refractivity contribution in [2.75, 3.05) is 4.90 Å². The largest absolute Gasteiger partial charge is 0.363 e. The Hall–Kier alpha value is -3.35. The molecule has 3 aromatic carbocycles. The normalized spacial score (nSPS) is 11.2. The van der Waals surface area contributed by atoms with E-state index >= 15 is 0 Å². The zero-order chi connectivity index (χ0) is 20.5. The van der Waals surface area contributed by atoms with Crippen molar-refractivity contribution in [1.29, 1.82) is 0 Å². The minimum atomic E-state index is -0.683. The van der Waals surface area contributed by atoms with Gasteiger partial charge in [-0.25, -0.2) is 17.6 Å². The summed E-state index contributed by atoms with van der Waals surface area (Å²) in [6.07, 6.45) is 1.84. The van der Waals surface area contributed by atoms with Gasteiger partial charge < -0.3 is 4.90 Å². The maximum absolute atomic E-state index is 14.3. The summed E-state index contributed by atoms with van der Waals surface area (Å²) >= 11 is 0. The summed E-state index contributed by atoms with van der Waals surface area (Å²) < 4.78 is 56.7. The number of hydrogen-bond acceptors (Lipinski definition) is 2. The number of aromatic nitrogens is 2. The third kappa shape index (κ3) is 4.08. The van der Waals surface area contributed by atoms with Crippen LogP contribution >= 0.6 is 0 Å². The van der Waals surface area contributed by atoms with Gasteiger partial charge in [-0.1, -0.05) is 12.1 Å². The number of hydrogen-bond donors (Lipinski definition) is 0. The molecule has 0 spiro atoms. The molecule has 0 aliphatic heterocycles. The van der Waals surface area contributed by atoms with Crippen molar-refractivity contribution in [1.82, 2.24) is 9.78 Å². The Morgan fingerprint density at radius 2 is 1.38 bits per heavy atom. The monoisotopic (exact) mass is 399 g/mol. The minimum absolute atomic E-state index is 0.0781. The molecule has 0 aliphatic carbocycles. The van der Waals surface area contributed by atoms with E-state index in [-0.39, 0.29) is 24.2 Å². The molecule has 1 aromatic heterocycles. The van der Waals surface area contributed by atoms with E-state index in [9.17, 15) is 17.6 Å². The van der Waals surface area contributed by atoms with Gasteiger partial charge in [-0.2, -0.15) is 5.10 Å². The van der Waals surface area contributed by atoms with Gasteiger partial charge >= 0.3 is 0 Å². The predicted octanol–water partition coefficient (Wildman–Crippen LogP) is 5.34. The lowest BCUT2D eigenvalue weighted by atomic mass is 10.1. The molecular weight excluding hydrogens is 382 g/mol. The number of nitrogens with zero attached hydrogens (tertiary/aromatic N) is 3. The Morgan fingerprint density at radius 3 is 1.93 bits per heavy atom. The first-order valence-corrected chi connectivity index (χ1v) is 8.95. The molecule has 0 radical (unpaired) electrons. The third-order valence-electron chi connectivity index (χ3n) is 4.72. The molecule has 0 amide bonds. The molecule has 0 fully saturated rings. The number of anilines is 1. The Balaban J connectivity index is 1.74. The van der Waals surface area contributed by atoms with E-state index in [0.29, 0.717) is 5.69 Å². The number of fused-ring (bicyclic) bond motifs is 1. The second-order valence-electron chi connectivity index (χ2n) is 6.87. The van der Waals surface area contributed by atoms with Crippen LogP contribution in [0, 0.1) is 23.3 Å². The van der Waals surface area contributed by atoms with Gasteiger partial charge in [-0.15, -0.1) is 0 Å². The van der Waals surface area contributed by atoms with Gasteiger partial charge in [-0.05, 0) is 30.3 Å². The summed E-state index contributed by atoms with van der Waals surface area (Å²) in [5, 5.41) is 5.19. The highest BCUT2D eigenvalue weighted by Gasteiger charge is 2.15. The van der Waals surface area contributed by atoms with Crippen molar-refractivity contribution in [2.45, 2.75) is 13.1 Å². The molecule has 0 aliphatic rings. The van der Waals surface area contributed by atoms with Crippen LogP contribution in [0.25, 0.3) is 10.9 Å². The molecular formula is C22H17F4N3. The van der Waals surface area contributed by atoms with Crippen LogP contribution in [0.4, 0.5) is 23.2 Å². The summed E-state index contributed by atoms with van der Waals surface area (Å²) in [6, 6.07) is 12.2. The lowest BCUT2D eigenvalue weighted by molar-refractivity contribution is 0.561. The summed E-state index contributed by atoms with van der Waals surface area (Å²) in [7, 11) is 1.80. The molecule has 148 valence electrons. The van der Waals surface area contributed by atoms with Crippen LogP contribution in [0.5, 0.6) is 0 Å².